The fourth-order valence-corrected chi connectivity index (χ4v) is 4.01. The van der Waals surface area contributed by atoms with E-state index in [0.29, 0.717) is 5.82 Å². The van der Waals surface area contributed by atoms with Gasteiger partial charge in [0.15, 0.2) is 0 Å². The molecule has 3 heterocycles. The van der Waals surface area contributed by atoms with Crippen molar-refractivity contribution in [2.45, 2.75) is 19.5 Å². The van der Waals surface area contributed by atoms with Crippen molar-refractivity contribution in [3.8, 4) is 0 Å². The van der Waals surface area contributed by atoms with Gasteiger partial charge < -0.3 is 20.5 Å². The van der Waals surface area contributed by atoms with E-state index in [1.807, 2.05) is 44.3 Å². The first kappa shape index (κ1) is 22.0. The first-order chi connectivity index (χ1) is 15.4. The number of aromatic amines is 1. The van der Waals surface area contributed by atoms with Crippen LogP contribution in [0.4, 0.5) is 5.82 Å². The van der Waals surface area contributed by atoms with Crippen molar-refractivity contribution >= 4 is 28.7 Å². The molecule has 1 unspecified atom stereocenters. The molecule has 3 aromatic rings. The molecule has 1 aliphatic heterocycles. The van der Waals surface area contributed by atoms with Gasteiger partial charge in [-0.3, -0.25) is 9.69 Å². The third-order valence-corrected chi connectivity index (χ3v) is 6.36. The van der Waals surface area contributed by atoms with E-state index in [0.717, 1.165) is 60.4 Å². The summed E-state index contributed by atoms with van der Waals surface area (Å²) in [5.41, 5.74) is 10.1. The van der Waals surface area contributed by atoms with Crippen molar-refractivity contribution < 1.29 is 4.79 Å². The number of hydrogen-bond donors (Lipinski definition) is 2. The quantitative estimate of drug-likeness (QED) is 0.585. The Bertz CT molecular complexity index is 1080. The molecule has 1 aliphatic rings. The van der Waals surface area contributed by atoms with Crippen LogP contribution < -0.4 is 5.73 Å². The number of likely N-dealkylation sites (N-methyl/N-ethyl adjacent to an activating group) is 2. The summed E-state index contributed by atoms with van der Waals surface area (Å²) in [5.74, 6) is 0.491. The fraction of sp³-hybridized carbons (Fsp3) is 0.360. The van der Waals surface area contributed by atoms with E-state index in [1.165, 1.54) is 0 Å². The Hall–Kier alpha value is -3.16. The van der Waals surface area contributed by atoms with Crippen LogP contribution in [0.25, 0.3) is 17.0 Å². The minimum atomic E-state index is -0.0723. The van der Waals surface area contributed by atoms with Gasteiger partial charge in [0, 0.05) is 68.8 Å². The molecule has 4 rings (SSSR count). The van der Waals surface area contributed by atoms with Crippen LogP contribution in [-0.2, 0) is 11.3 Å². The number of piperazine rings is 1. The number of benzene rings is 1. The zero-order valence-corrected chi connectivity index (χ0v) is 19.1. The van der Waals surface area contributed by atoms with Crippen LogP contribution in [0.5, 0.6) is 0 Å². The van der Waals surface area contributed by atoms with E-state index in [1.54, 1.807) is 17.2 Å². The number of nitrogens with zero attached hydrogens (tertiary/aromatic N) is 4. The lowest BCUT2D eigenvalue weighted by Crippen LogP contribution is -2.44. The van der Waals surface area contributed by atoms with E-state index < -0.39 is 0 Å². The molecule has 1 atom stereocenters. The maximum Gasteiger partial charge on any atom is 0.246 e. The molecule has 3 N–H and O–H groups in total. The number of carbonyl (C=O) groups is 1. The Kier molecular flexibility index (Phi) is 6.58. The van der Waals surface area contributed by atoms with Gasteiger partial charge in [-0.25, -0.2) is 4.98 Å². The zero-order chi connectivity index (χ0) is 22.7. The zero-order valence-electron chi connectivity index (χ0n) is 19.1. The normalized spacial score (nSPS) is 16.6. The number of nitrogens with one attached hydrogen (secondary N) is 1. The molecule has 32 heavy (non-hydrogen) atoms. The monoisotopic (exact) mass is 432 g/mol. The van der Waals surface area contributed by atoms with Crippen LogP contribution in [0.15, 0.2) is 48.7 Å². The molecule has 168 valence electrons. The summed E-state index contributed by atoms with van der Waals surface area (Å²) < 4.78 is 0. The third kappa shape index (κ3) is 5.00. The number of aromatic nitrogens is 2. The number of pyridine rings is 1. The van der Waals surface area contributed by atoms with E-state index in [2.05, 4.69) is 38.9 Å². The molecule has 0 saturated carbocycles. The van der Waals surface area contributed by atoms with Gasteiger partial charge in [-0.15, -0.1) is 0 Å². The molecule has 7 nitrogen and oxygen atoms in total. The van der Waals surface area contributed by atoms with Crippen LogP contribution in [-0.4, -0.2) is 70.8 Å². The molecule has 1 fully saturated rings. The predicted molar refractivity (Wildman–Crippen MR) is 130 cm³/mol. The second-order valence-corrected chi connectivity index (χ2v) is 8.66. The Balaban J connectivity index is 1.42. The lowest BCUT2D eigenvalue weighted by atomic mass is 10.1. The molecule has 1 amide bonds. The minimum absolute atomic E-state index is 0.0615. The molecule has 0 radical (unpaired) electrons. The van der Waals surface area contributed by atoms with E-state index in [9.17, 15) is 4.79 Å². The standard InChI is InChI=1S/C25H32N6O/c1-18(23-15-20-6-4-5-7-22(20)28-23)30(3)24(32)9-8-19-14-21(25(26)27-16-19)17-31-12-10-29(2)11-13-31/h4-9,14-16,18,28H,10-13,17H2,1-3H3,(H2,26,27)/b9-8+. The van der Waals surface area contributed by atoms with Crippen LogP contribution in [0.3, 0.4) is 0 Å². The number of nitrogen functional groups attached to an aromatic ring is 1. The maximum atomic E-state index is 12.8. The van der Waals surface area contributed by atoms with Crippen molar-refractivity contribution in [3.05, 3.63) is 65.5 Å². The fourth-order valence-electron chi connectivity index (χ4n) is 4.01. The Morgan fingerprint density at radius 1 is 1.25 bits per heavy atom. The molecule has 1 aromatic carbocycles. The number of nitrogens with two attached hydrogens (primary N) is 1. The van der Waals surface area contributed by atoms with Gasteiger partial charge in [-0.05, 0) is 49.2 Å². The lowest BCUT2D eigenvalue weighted by Gasteiger charge is -2.32. The molecule has 7 heteroatoms. The Labute approximate surface area is 189 Å². The summed E-state index contributed by atoms with van der Waals surface area (Å²) in [5, 5.41) is 1.14. The van der Waals surface area contributed by atoms with Crippen LogP contribution in [0, 0.1) is 0 Å². The van der Waals surface area contributed by atoms with Gasteiger partial charge >= 0.3 is 0 Å². The lowest BCUT2D eigenvalue weighted by molar-refractivity contribution is -0.126. The highest BCUT2D eigenvalue weighted by Crippen LogP contribution is 2.23. The number of fused-ring (bicyclic) bond motifs is 1. The highest BCUT2D eigenvalue weighted by atomic mass is 16.2. The molecule has 0 aliphatic carbocycles. The van der Waals surface area contributed by atoms with Gasteiger partial charge in [0.25, 0.3) is 0 Å². The first-order valence-electron chi connectivity index (χ1n) is 11.1. The van der Waals surface area contributed by atoms with Crippen LogP contribution in [0.2, 0.25) is 0 Å². The van der Waals surface area contributed by atoms with Crippen molar-refractivity contribution in [1.82, 2.24) is 24.7 Å². The van der Waals surface area contributed by atoms with E-state index >= 15 is 0 Å². The molecule has 0 spiro atoms. The number of para-hydroxylation sites is 1. The van der Waals surface area contributed by atoms with E-state index in [4.69, 9.17) is 5.73 Å². The average molecular weight is 433 g/mol. The number of H-pyrrole nitrogens is 1. The molecule has 2 aromatic heterocycles. The van der Waals surface area contributed by atoms with Crippen LogP contribution in [0.1, 0.15) is 29.8 Å². The Morgan fingerprint density at radius 2 is 2.00 bits per heavy atom. The van der Waals surface area contributed by atoms with Crippen molar-refractivity contribution in [1.29, 1.82) is 0 Å². The smallest absolute Gasteiger partial charge is 0.246 e. The van der Waals surface area contributed by atoms with Gasteiger partial charge in [0.05, 0.1) is 6.04 Å². The highest BCUT2D eigenvalue weighted by Gasteiger charge is 2.18. The van der Waals surface area contributed by atoms with Crippen molar-refractivity contribution in [3.63, 3.8) is 0 Å². The van der Waals surface area contributed by atoms with Crippen LogP contribution >= 0.6 is 0 Å². The first-order valence-corrected chi connectivity index (χ1v) is 11.1. The predicted octanol–water partition coefficient (Wildman–Crippen LogP) is 3.13. The summed E-state index contributed by atoms with van der Waals surface area (Å²) in [6.45, 7) is 6.95. The Morgan fingerprint density at radius 3 is 2.75 bits per heavy atom. The summed E-state index contributed by atoms with van der Waals surface area (Å²) in [7, 11) is 3.97. The number of rotatable bonds is 6. The molecule has 1 saturated heterocycles. The topological polar surface area (TPSA) is 81.5 Å². The third-order valence-electron chi connectivity index (χ3n) is 6.36. The van der Waals surface area contributed by atoms with Crippen molar-refractivity contribution in [2.75, 3.05) is 46.0 Å². The van der Waals surface area contributed by atoms with Gasteiger partial charge in [0.1, 0.15) is 5.82 Å². The molecule has 0 bridgehead atoms. The SMILES string of the molecule is CC(c1cc2ccccc2[nH]1)N(C)C(=O)/C=C/c1cnc(N)c(CN2CCN(C)CC2)c1. The van der Waals surface area contributed by atoms with Crippen molar-refractivity contribution in [2.24, 2.45) is 0 Å². The van der Waals surface area contributed by atoms with E-state index in [-0.39, 0.29) is 11.9 Å². The molecular weight excluding hydrogens is 400 g/mol. The second kappa shape index (κ2) is 9.54. The second-order valence-electron chi connectivity index (χ2n) is 8.66. The number of anilines is 1. The minimum Gasteiger partial charge on any atom is -0.383 e. The number of hydrogen-bond acceptors (Lipinski definition) is 5. The summed E-state index contributed by atoms with van der Waals surface area (Å²) in [4.78, 5) is 27.0. The van der Waals surface area contributed by atoms with Gasteiger partial charge in [-0.2, -0.15) is 0 Å². The average Bonchev–Trinajstić information content (AvgIpc) is 3.24. The van der Waals surface area contributed by atoms with Gasteiger partial charge in [0.2, 0.25) is 5.91 Å². The maximum absolute atomic E-state index is 12.8. The summed E-state index contributed by atoms with van der Waals surface area (Å²) >= 11 is 0. The highest BCUT2D eigenvalue weighted by molar-refractivity contribution is 5.92. The van der Waals surface area contributed by atoms with Gasteiger partial charge in [-0.1, -0.05) is 18.2 Å². The summed E-state index contributed by atoms with van der Waals surface area (Å²) in [6.07, 6.45) is 5.14. The number of carbonyl (C=O) groups excluding carboxylic acids is 1. The largest absolute Gasteiger partial charge is 0.383 e. The number of amides is 1. The molecular formula is C25H32N6O. The summed E-state index contributed by atoms with van der Waals surface area (Å²) in [6, 6.07) is 12.2.